The number of hydrogen-bond donors (Lipinski definition) is 0. The van der Waals surface area contributed by atoms with Crippen molar-refractivity contribution in [1.29, 1.82) is 5.26 Å². The summed E-state index contributed by atoms with van der Waals surface area (Å²) in [6.45, 7) is 4.95. The fourth-order valence-electron chi connectivity index (χ4n) is 5.60. The standard InChI is InChI=1S/C26H32N4O4/c1-3-34-24(32)16-26(15-20-9-8-19(17-27)14-22(20)28-26)11-10-21-6-4-13-30(21)25(33)23-7-5-12-29(23)18(2)31/h8-9,14-15,21,23H,3-7,10-13,16H2,1-2H3/t21-,23+,26?/m0/s1. The zero-order valence-corrected chi connectivity index (χ0v) is 20.0. The Morgan fingerprint density at radius 3 is 2.71 bits per heavy atom. The van der Waals surface area contributed by atoms with E-state index >= 15 is 0 Å². The Balaban J connectivity index is 1.53. The molecule has 1 aromatic rings. The van der Waals surface area contributed by atoms with Crippen LogP contribution in [0.15, 0.2) is 23.2 Å². The minimum atomic E-state index is -0.751. The van der Waals surface area contributed by atoms with Gasteiger partial charge in [0.05, 0.1) is 35.6 Å². The van der Waals surface area contributed by atoms with Gasteiger partial charge in [0, 0.05) is 26.1 Å². The van der Waals surface area contributed by atoms with Crippen LogP contribution in [0, 0.1) is 11.3 Å². The van der Waals surface area contributed by atoms with E-state index in [2.05, 4.69) is 6.07 Å². The average molecular weight is 465 g/mol. The molecule has 1 unspecified atom stereocenters. The summed E-state index contributed by atoms with van der Waals surface area (Å²) in [7, 11) is 0. The van der Waals surface area contributed by atoms with Crippen molar-refractivity contribution in [2.24, 2.45) is 4.99 Å². The number of fused-ring (bicyclic) bond motifs is 1. The molecule has 4 rings (SSSR count). The first-order valence-corrected chi connectivity index (χ1v) is 12.2. The first kappa shape index (κ1) is 23.9. The molecule has 3 aliphatic heterocycles. The third-order valence-corrected chi connectivity index (χ3v) is 7.20. The smallest absolute Gasteiger partial charge is 0.308 e. The number of amides is 2. The van der Waals surface area contributed by atoms with Crippen molar-refractivity contribution < 1.29 is 19.1 Å². The minimum absolute atomic E-state index is 0.0453. The number of carbonyl (C=O) groups excluding carboxylic acids is 3. The summed E-state index contributed by atoms with van der Waals surface area (Å²) in [6.07, 6.45) is 6.84. The van der Waals surface area contributed by atoms with Gasteiger partial charge in [-0.25, -0.2) is 0 Å². The predicted molar refractivity (Wildman–Crippen MR) is 125 cm³/mol. The van der Waals surface area contributed by atoms with Crippen molar-refractivity contribution in [3.05, 3.63) is 34.3 Å². The second-order valence-electron chi connectivity index (χ2n) is 9.46. The fourth-order valence-corrected chi connectivity index (χ4v) is 5.60. The topological polar surface area (TPSA) is 103 Å². The fraction of sp³-hybridized carbons (Fsp3) is 0.577. The largest absolute Gasteiger partial charge is 0.466 e. The van der Waals surface area contributed by atoms with Crippen LogP contribution in [-0.4, -0.2) is 64.9 Å². The minimum Gasteiger partial charge on any atom is -0.466 e. The van der Waals surface area contributed by atoms with Crippen molar-refractivity contribution in [1.82, 2.24) is 9.80 Å². The molecule has 2 fully saturated rings. The van der Waals surface area contributed by atoms with Gasteiger partial charge in [0.1, 0.15) is 6.04 Å². The lowest BCUT2D eigenvalue weighted by molar-refractivity contribution is -0.144. The Hall–Kier alpha value is -3.21. The number of nitriles is 1. The summed E-state index contributed by atoms with van der Waals surface area (Å²) in [5.41, 5.74) is -0.222. The number of rotatable bonds is 7. The zero-order valence-electron chi connectivity index (χ0n) is 20.0. The molecule has 0 aromatic heterocycles. The normalized spacial score (nSPS) is 25.3. The molecule has 8 heteroatoms. The van der Waals surface area contributed by atoms with E-state index in [9.17, 15) is 19.6 Å². The van der Waals surface area contributed by atoms with Crippen LogP contribution in [0.2, 0.25) is 0 Å². The third-order valence-electron chi connectivity index (χ3n) is 7.20. The van der Waals surface area contributed by atoms with Crippen molar-refractivity contribution >= 4 is 23.9 Å². The SMILES string of the molecule is CCOC(=O)CC1(CC[C@@H]2CCCN2C(=O)[C@H]2CCCN2C(C)=O)C=c2ccc(C#N)cc2=N1. The van der Waals surface area contributed by atoms with Crippen molar-refractivity contribution in [2.45, 2.75) is 76.4 Å². The van der Waals surface area contributed by atoms with E-state index in [0.29, 0.717) is 49.9 Å². The lowest BCUT2D eigenvalue weighted by Gasteiger charge is -2.32. The zero-order chi connectivity index (χ0) is 24.3. The molecule has 3 heterocycles. The summed E-state index contributed by atoms with van der Waals surface area (Å²) < 4.78 is 5.23. The summed E-state index contributed by atoms with van der Waals surface area (Å²) in [4.78, 5) is 46.3. The van der Waals surface area contributed by atoms with Gasteiger partial charge in [0.25, 0.3) is 0 Å². The van der Waals surface area contributed by atoms with Crippen molar-refractivity contribution in [2.75, 3.05) is 19.7 Å². The number of carbonyl (C=O) groups is 3. The molecule has 3 atom stereocenters. The molecular weight excluding hydrogens is 432 g/mol. The van der Waals surface area contributed by atoms with Crippen LogP contribution in [0.5, 0.6) is 0 Å². The Kier molecular flexibility index (Phi) is 7.01. The van der Waals surface area contributed by atoms with Gasteiger partial charge in [0.15, 0.2) is 0 Å². The van der Waals surface area contributed by atoms with E-state index in [1.165, 1.54) is 6.92 Å². The molecule has 0 spiro atoms. The molecule has 0 N–H and O–H groups in total. The molecule has 0 aliphatic carbocycles. The highest BCUT2D eigenvalue weighted by atomic mass is 16.5. The molecule has 0 radical (unpaired) electrons. The lowest BCUT2D eigenvalue weighted by Crippen LogP contribution is -2.49. The summed E-state index contributed by atoms with van der Waals surface area (Å²) in [5, 5.41) is 10.9. The quantitative estimate of drug-likeness (QED) is 0.568. The molecule has 2 amide bonds. The Morgan fingerprint density at radius 1 is 1.21 bits per heavy atom. The first-order valence-electron chi connectivity index (χ1n) is 12.2. The maximum atomic E-state index is 13.4. The van der Waals surface area contributed by atoms with E-state index in [0.717, 1.165) is 24.5 Å². The van der Waals surface area contributed by atoms with Crippen LogP contribution in [-0.2, 0) is 19.1 Å². The average Bonchev–Trinajstić information content (AvgIpc) is 3.54. The monoisotopic (exact) mass is 464 g/mol. The number of likely N-dealkylation sites (tertiary alicyclic amines) is 2. The van der Waals surface area contributed by atoms with Crippen molar-refractivity contribution in [3.8, 4) is 6.07 Å². The van der Waals surface area contributed by atoms with Gasteiger partial charge in [-0.3, -0.25) is 19.4 Å². The van der Waals surface area contributed by atoms with E-state index < -0.39 is 5.54 Å². The van der Waals surface area contributed by atoms with Crippen molar-refractivity contribution in [3.63, 3.8) is 0 Å². The molecule has 0 saturated carbocycles. The molecule has 8 nitrogen and oxygen atoms in total. The molecule has 180 valence electrons. The summed E-state index contributed by atoms with van der Waals surface area (Å²) in [5.74, 6) is -0.309. The van der Waals surface area contributed by atoms with Crippen LogP contribution in [0.4, 0.5) is 0 Å². The van der Waals surface area contributed by atoms with Crippen LogP contribution in [0.3, 0.4) is 0 Å². The number of nitrogens with zero attached hydrogens (tertiary/aromatic N) is 4. The first-order chi connectivity index (χ1) is 16.4. The van der Waals surface area contributed by atoms with E-state index in [4.69, 9.17) is 9.73 Å². The second kappa shape index (κ2) is 9.96. The molecule has 1 aromatic carbocycles. The number of esters is 1. The lowest BCUT2D eigenvalue weighted by atomic mass is 9.88. The van der Waals surface area contributed by atoms with Crippen LogP contribution in [0.1, 0.15) is 64.4 Å². The van der Waals surface area contributed by atoms with E-state index in [-0.39, 0.29) is 36.3 Å². The summed E-state index contributed by atoms with van der Waals surface area (Å²) in [6, 6.07) is 7.21. The third kappa shape index (κ3) is 4.84. The highest BCUT2D eigenvalue weighted by Crippen LogP contribution is 2.32. The highest BCUT2D eigenvalue weighted by molar-refractivity contribution is 5.88. The van der Waals surface area contributed by atoms with Gasteiger partial charge in [-0.05, 0) is 68.9 Å². The van der Waals surface area contributed by atoms with Gasteiger partial charge in [0.2, 0.25) is 11.8 Å². The van der Waals surface area contributed by atoms with Gasteiger partial charge in [-0.2, -0.15) is 5.26 Å². The highest BCUT2D eigenvalue weighted by Gasteiger charge is 2.40. The van der Waals surface area contributed by atoms with E-state index in [1.54, 1.807) is 24.0 Å². The Morgan fingerprint density at radius 2 is 1.97 bits per heavy atom. The van der Waals surface area contributed by atoms with Crippen LogP contribution < -0.4 is 10.6 Å². The number of benzene rings is 1. The molecular formula is C26H32N4O4. The maximum absolute atomic E-state index is 13.4. The van der Waals surface area contributed by atoms with Gasteiger partial charge in [-0.1, -0.05) is 6.07 Å². The molecule has 2 saturated heterocycles. The van der Waals surface area contributed by atoms with Crippen LogP contribution >= 0.6 is 0 Å². The van der Waals surface area contributed by atoms with E-state index in [1.807, 2.05) is 17.0 Å². The predicted octanol–water partition coefficient (Wildman–Crippen LogP) is 1.45. The Labute approximate surface area is 199 Å². The number of hydrogen-bond acceptors (Lipinski definition) is 6. The second-order valence-corrected chi connectivity index (χ2v) is 9.46. The molecule has 0 bridgehead atoms. The number of ether oxygens (including phenoxy) is 1. The molecule has 34 heavy (non-hydrogen) atoms. The van der Waals surface area contributed by atoms with Gasteiger partial charge < -0.3 is 14.5 Å². The maximum Gasteiger partial charge on any atom is 0.308 e. The molecule has 3 aliphatic rings. The van der Waals surface area contributed by atoms with Gasteiger partial charge >= 0.3 is 5.97 Å². The summed E-state index contributed by atoms with van der Waals surface area (Å²) >= 11 is 0. The Bertz CT molecular complexity index is 1140. The van der Waals surface area contributed by atoms with Gasteiger partial charge in [-0.15, -0.1) is 0 Å². The van der Waals surface area contributed by atoms with Crippen LogP contribution in [0.25, 0.3) is 6.08 Å².